The molecule has 114 valence electrons. The molecule has 0 saturated heterocycles. The van der Waals surface area contributed by atoms with Crippen molar-refractivity contribution in [1.82, 2.24) is 0 Å². The van der Waals surface area contributed by atoms with Gasteiger partial charge in [-0.3, -0.25) is 0 Å². The predicted octanol–water partition coefficient (Wildman–Crippen LogP) is 5.46. The van der Waals surface area contributed by atoms with Crippen molar-refractivity contribution in [3.05, 3.63) is 83.4 Å². The normalized spacial score (nSPS) is 10.3. The number of esters is 1. The van der Waals surface area contributed by atoms with E-state index in [4.69, 9.17) is 16.3 Å². The molecule has 0 unspecified atom stereocenters. The molecule has 0 spiro atoms. The van der Waals surface area contributed by atoms with Crippen LogP contribution in [0.15, 0.2) is 72.8 Å². The third-order valence-corrected chi connectivity index (χ3v) is 3.92. The predicted molar refractivity (Wildman–Crippen MR) is 93.7 cm³/mol. The van der Waals surface area contributed by atoms with E-state index in [1.807, 2.05) is 54.6 Å². The number of ether oxygens (including phenoxy) is 1. The Morgan fingerprint density at radius 1 is 0.826 bits per heavy atom. The summed E-state index contributed by atoms with van der Waals surface area (Å²) in [6, 6.07) is 23.2. The molecule has 0 heterocycles. The molecule has 0 amide bonds. The van der Waals surface area contributed by atoms with E-state index >= 15 is 0 Å². The van der Waals surface area contributed by atoms with Crippen molar-refractivity contribution in [1.29, 1.82) is 0 Å². The number of rotatable bonds is 3. The third-order valence-electron chi connectivity index (χ3n) is 3.69. The van der Waals surface area contributed by atoms with E-state index in [9.17, 15) is 4.79 Å². The van der Waals surface area contributed by atoms with Crippen molar-refractivity contribution in [2.75, 3.05) is 7.11 Å². The summed E-state index contributed by atoms with van der Waals surface area (Å²) in [5, 5.41) is 0.579. The zero-order chi connectivity index (χ0) is 16.2. The van der Waals surface area contributed by atoms with Crippen LogP contribution < -0.4 is 0 Å². The molecule has 0 aliphatic carbocycles. The monoisotopic (exact) mass is 322 g/mol. The maximum atomic E-state index is 12.1. The number of hydrogen-bond donors (Lipinski definition) is 0. The SMILES string of the molecule is COC(=O)c1ccc(Cl)cc1-c1ccccc1-c1ccccc1. The van der Waals surface area contributed by atoms with Crippen LogP contribution in [0.3, 0.4) is 0 Å². The lowest BCUT2D eigenvalue weighted by molar-refractivity contribution is 0.0601. The van der Waals surface area contributed by atoms with E-state index in [0.717, 1.165) is 22.3 Å². The van der Waals surface area contributed by atoms with E-state index in [-0.39, 0.29) is 5.97 Å². The van der Waals surface area contributed by atoms with Crippen molar-refractivity contribution in [3.8, 4) is 22.3 Å². The van der Waals surface area contributed by atoms with Crippen LogP contribution in [0.4, 0.5) is 0 Å². The minimum absolute atomic E-state index is 0.375. The lowest BCUT2D eigenvalue weighted by Gasteiger charge is -2.13. The fraction of sp³-hybridized carbons (Fsp3) is 0.0500. The molecule has 0 bridgehead atoms. The molecule has 0 atom stereocenters. The lowest BCUT2D eigenvalue weighted by Crippen LogP contribution is -2.04. The molecule has 23 heavy (non-hydrogen) atoms. The van der Waals surface area contributed by atoms with E-state index in [1.165, 1.54) is 7.11 Å². The van der Waals surface area contributed by atoms with Crippen molar-refractivity contribution >= 4 is 17.6 Å². The molecule has 3 rings (SSSR count). The lowest BCUT2D eigenvalue weighted by atomic mass is 9.92. The summed E-state index contributed by atoms with van der Waals surface area (Å²) in [5.41, 5.74) is 4.34. The van der Waals surface area contributed by atoms with E-state index in [1.54, 1.807) is 18.2 Å². The van der Waals surface area contributed by atoms with Gasteiger partial charge in [0.05, 0.1) is 12.7 Å². The molecule has 3 heteroatoms. The zero-order valence-corrected chi connectivity index (χ0v) is 13.4. The van der Waals surface area contributed by atoms with E-state index in [0.29, 0.717) is 10.6 Å². The van der Waals surface area contributed by atoms with Gasteiger partial charge in [0.2, 0.25) is 0 Å². The number of hydrogen-bond acceptors (Lipinski definition) is 2. The second-order valence-corrected chi connectivity index (χ2v) is 5.53. The molecule has 3 aromatic carbocycles. The molecule has 2 nitrogen and oxygen atoms in total. The standard InChI is InChI=1S/C20H15ClO2/c1-23-20(22)18-12-11-15(21)13-19(18)17-10-6-5-9-16(17)14-7-3-2-4-8-14/h2-13H,1H3. The Hall–Kier alpha value is -2.58. The van der Waals surface area contributed by atoms with Crippen LogP contribution in [0.5, 0.6) is 0 Å². The molecular weight excluding hydrogens is 308 g/mol. The van der Waals surface area contributed by atoms with E-state index < -0.39 is 0 Å². The number of carbonyl (C=O) groups excluding carboxylic acids is 1. The van der Waals surface area contributed by atoms with Gasteiger partial charge in [-0.25, -0.2) is 4.79 Å². The first-order valence-corrected chi connectivity index (χ1v) is 7.61. The molecular formula is C20H15ClO2. The van der Waals surface area contributed by atoms with Crippen LogP contribution in [0.1, 0.15) is 10.4 Å². The Kier molecular flexibility index (Phi) is 4.45. The van der Waals surface area contributed by atoms with Gasteiger partial charge in [-0.2, -0.15) is 0 Å². The molecule has 0 radical (unpaired) electrons. The van der Waals surface area contributed by atoms with Crippen LogP contribution in [0.2, 0.25) is 5.02 Å². The topological polar surface area (TPSA) is 26.3 Å². The first kappa shape index (κ1) is 15.3. The van der Waals surface area contributed by atoms with Crippen LogP contribution in [0.25, 0.3) is 22.3 Å². The highest BCUT2D eigenvalue weighted by Crippen LogP contribution is 2.35. The van der Waals surface area contributed by atoms with Gasteiger partial charge in [0, 0.05) is 5.02 Å². The van der Waals surface area contributed by atoms with Gasteiger partial charge in [-0.1, -0.05) is 66.2 Å². The molecule has 0 aromatic heterocycles. The average Bonchev–Trinajstić information content (AvgIpc) is 2.62. The highest BCUT2D eigenvalue weighted by atomic mass is 35.5. The Morgan fingerprint density at radius 2 is 1.48 bits per heavy atom. The van der Waals surface area contributed by atoms with Gasteiger partial charge in [0.15, 0.2) is 0 Å². The number of methoxy groups -OCH3 is 1. The minimum Gasteiger partial charge on any atom is -0.465 e. The Bertz CT molecular complexity index is 841. The van der Waals surface area contributed by atoms with Gasteiger partial charge < -0.3 is 4.74 Å². The Morgan fingerprint density at radius 3 is 2.17 bits per heavy atom. The molecule has 3 aromatic rings. The highest BCUT2D eigenvalue weighted by Gasteiger charge is 2.16. The first-order valence-electron chi connectivity index (χ1n) is 7.23. The number of halogens is 1. The fourth-order valence-corrected chi connectivity index (χ4v) is 2.79. The second-order valence-electron chi connectivity index (χ2n) is 5.09. The summed E-state index contributed by atoms with van der Waals surface area (Å²) >= 11 is 6.16. The van der Waals surface area contributed by atoms with Crippen LogP contribution in [-0.2, 0) is 4.74 Å². The van der Waals surface area contributed by atoms with Gasteiger partial charge in [0.1, 0.15) is 0 Å². The average molecular weight is 323 g/mol. The third kappa shape index (κ3) is 3.13. The van der Waals surface area contributed by atoms with Gasteiger partial charge in [-0.15, -0.1) is 0 Å². The fourth-order valence-electron chi connectivity index (χ4n) is 2.61. The Balaban J connectivity index is 2.25. The smallest absolute Gasteiger partial charge is 0.338 e. The molecule has 0 saturated carbocycles. The summed E-state index contributed by atoms with van der Waals surface area (Å²) in [6.45, 7) is 0. The van der Waals surface area contributed by atoms with Gasteiger partial charge in [0.25, 0.3) is 0 Å². The van der Waals surface area contributed by atoms with Crippen molar-refractivity contribution < 1.29 is 9.53 Å². The maximum Gasteiger partial charge on any atom is 0.338 e. The van der Waals surface area contributed by atoms with Gasteiger partial charge >= 0.3 is 5.97 Å². The highest BCUT2D eigenvalue weighted by molar-refractivity contribution is 6.31. The first-order chi connectivity index (χ1) is 11.2. The molecule has 0 aliphatic rings. The van der Waals surface area contributed by atoms with Gasteiger partial charge in [-0.05, 0) is 40.5 Å². The minimum atomic E-state index is -0.375. The number of carbonyl (C=O) groups is 1. The zero-order valence-electron chi connectivity index (χ0n) is 12.6. The quantitative estimate of drug-likeness (QED) is 0.598. The second kappa shape index (κ2) is 6.67. The summed E-state index contributed by atoms with van der Waals surface area (Å²) in [6.07, 6.45) is 0. The van der Waals surface area contributed by atoms with E-state index in [2.05, 4.69) is 0 Å². The molecule has 0 N–H and O–H groups in total. The summed E-state index contributed by atoms with van der Waals surface area (Å²) in [7, 11) is 1.38. The summed E-state index contributed by atoms with van der Waals surface area (Å²) < 4.78 is 4.90. The Labute approximate surface area is 140 Å². The van der Waals surface area contributed by atoms with Crippen molar-refractivity contribution in [3.63, 3.8) is 0 Å². The molecule has 0 aliphatic heterocycles. The van der Waals surface area contributed by atoms with Crippen LogP contribution >= 0.6 is 11.6 Å². The maximum absolute atomic E-state index is 12.1. The summed E-state index contributed by atoms with van der Waals surface area (Å²) in [4.78, 5) is 12.1. The van der Waals surface area contributed by atoms with Crippen molar-refractivity contribution in [2.24, 2.45) is 0 Å². The summed E-state index contributed by atoms with van der Waals surface area (Å²) in [5.74, 6) is -0.375. The van der Waals surface area contributed by atoms with Crippen LogP contribution in [0, 0.1) is 0 Å². The van der Waals surface area contributed by atoms with Crippen LogP contribution in [-0.4, -0.2) is 13.1 Å². The molecule has 0 fully saturated rings. The van der Waals surface area contributed by atoms with Crippen molar-refractivity contribution in [2.45, 2.75) is 0 Å². The number of benzene rings is 3. The largest absolute Gasteiger partial charge is 0.465 e.